The number of hydrogen-bond acceptors (Lipinski definition) is 3. The van der Waals surface area contributed by atoms with E-state index in [2.05, 4.69) is 212 Å². The zero-order chi connectivity index (χ0) is 38.7. The Hall–Kier alpha value is -7.75. The van der Waals surface area contributed by atoms with Crippen LogP contribution in [0.25, 0.3) is 101 Å². The van der Waals surface area contributed by atoms with E-state index in [1.165, 1.54) is 21.9 Å². The molecule has 0 aliphatic rings. The van der Waals surface area contributed by atoms with Crippen LogP contribution in [0, 0.1) is 0 Å². The Morgan fingerprint density at radius 2 is 0.603 bits per heavy atom. The van der Waals surface area contributed by atoms with Crippen LogP contribution in [-0.4, -0.2) is 15.0 Å². The zero-order valence-corrected chi connectivity index (χ0v) is 31.7. The molecule has 9 aromatic carbocycles. The van der Waals surface area contributed by atoms with Crippen molar-refractivity contribution in [3.05, 3.63) is 224 Å². The summed E-state index contributed by atoms with van der Waals surface area (Å²) in [6.45, 7) is 0. The highest BCUT2D eigenvalue weighted by Crippen LogP contribution is 2.40. The van der Waals surface area contributed by atoms with Crippen molar-refractivity contribution >= 4 is 10.8 Å². The topological polar surface area (TPSA) is 38.7 Å². The summed E-state index contributed by atoms with van der Waals surface area (Å²) in [6, 6.07) is 78.8. The van der Waals surface area contributed by atoms with Gasteiger partial charge in [-0.1, -0.05) is 212 Å². The molecule has 0 bridgehead atoms. The average Bonchev–Trinajstić information content (AvgIpc) is 3.32. The molecule has 58 heavy (non-hydrogen) atoms. The Labute approximate surface area is 338 Å². The lowest BCUT2D eigenvalue weighted by atomic mass is 9.89. The first-order valence-electron chi connectivity index (χ1n) is 19.6. The zero-order valence-electron chi connectivity index (χ0n) is 31.7. The van der Waals surface area contributed by atoms with Gasteiger partial charge in [0.15, 0.2) is 17.5 Å². The minimum Gasteiger partial charge on any atom is -0.208 e. The number of aromatic nitrogens is 3. The summed E-state index contributed by atoms with van der Waals surface area (Å²) in [4.78, 5) is 15.8. The third-order valence-electron chi connectivity index (χ3n) is 10.8. The van der Waals surface area contributed by atoms with Crippen LogP contribution in [-0.2, 0) is 0 Å². The Bertz CT molecular complexity index is 2940. The number of nitrogens with zero attached hydrogens (tertiary/aromatic N) is 3. The summed E-state index contributed by atoms with van der Waals surface area (Å²) >= 11 is 0. The Balaban J connectivity index is 1.15. The van der Waals surface area contributed by atoms with E-state index in [0.29, 0.717) is 17.5 Å². The van der Waals surface area contributed by atoms with E-state index in [0.717, 1.165) is 61.2 Å². The van der Waals surface area contributed by atoms with Gasteiger partial charge in [-0.05, 0) is 78.5 Å². The second kappa shape index (κ2) is 15.4. The molecule has 0 aliphatic heterocycles. The van der Waals surface area contributed by atoms with Crippen LogP contribution >= 0.6 is 0 Å². The molecule has 0 aliphatic carbocycles. The average molecular weight is 740 g/mol. The van der Waals surface area contributed by atoms with Gasteiger partial charge in [0.05, 0.1) is 0 Å². The summed E-state index contributed by atoms with van der Waals surface area (Å²) in [7, 11) is 0. The van der Waals surface area contributed by atoms with Gasteiger partial charge in [-0.15, -0.1) is 0 Å². The maximum atomic E-state index is 5.26. The van der Waals surface area contributed by atoms with Crippen molar-refractivity contribution in [2.75, 3.05) is 0 Å². The molecule has 0 N–H and O–H groups in total. The second-order valence-corrected chi connectivity index (χ2v) is 14.4. The summed E-state index contributed by atoms with van der Waals surface area (Å²) in [5.74, 6) is 1.86. The number of rotatable bonds is 8. The van der Waals surface area contributed by atoms with Crippen molar-refractivity contribution in [3.8, 4) is 89.8 Å². The minimum absolute atomic E-state index is 0.612. The van der Waals surface area contributed by atoms with Gasteiger partial charge in [0.1, 0.15) is 0 Å². The van der Waals surface area contributed by atoms with Crippen LogP contribution < -0.4 is 0 Å². The number of benzene rings is 9. The largest absolute Gasteiger partial charge is 0.208 e. The molecular formula is C55H37N3. The molecule has 10 rings (SSSR count). The van der Waals surface area contributed by atoms with Crippen molar-refractivity contribution in [1.29, 1.82) is 0 Å². The van der Waals surface area contributed by atoms with Crippen molar-refractivity contribution in [1.82, 2.24) is 15.0 Å². The Morgan fingerprint density at radius 1 is 0.207 bits per heavy atom. The molecule has 0 radical (unpaired) electrons. The maximum Gasteiger partial charge on any atom is 0.164 e. The van der Waals surface area contributed by atoms with Crippen LogP contribution in [0.15, 0.2) is 224 Å². The fourth-order valence-corrected chi connectivity index (χ4v) is 7.96. The van der Waals surface area contributed by atoms with Gasteiger partial charge in [-0.25, -0.2) is 15.0 Å². The van der Waals surface area contributed by atoms with E-state index in [1.54, 1.807) is 0 Å². The van der Waals surface area contributed by atoms with Crippen LogP contribution in [0.4, 0.5) is 0 Å². The Kier molecular flexibility index (Phi) is 9.23. The van der Waals surface area contributed by atoms with E-state index in [4.69, 9.17) is 15.0 Å². The quantitative estimate of drug-likeness (QED) is 0.156. The summed E-state index contributed by atoms with van der Waals surface area (Å²) in [5.41, 5.74) is 14.1. The smallest absolute Gasteiger partial charge is 0.164 e. The standard InChI is InChI=1S/C55H37N3/c1-4-18-38(19-5-1)46-29-12-14-31-50(46)54-56-53(57-55(58-54)51-32-15-13-30-47(51)39-20-6-2-7-21-39)44-27-16-26-42(36-44)49-35-34-43(37-52(49)41-22-8-3-9-23-41)48-33-17-25-40-24-10-11-28-45(40)48/h1-37H. The Morgan fingerprint density at radius 3 is 1.22 bits per heavy atom. The molecule has 10 aromatic rings. The second-order valence-electron chi connectivity index (χ2n) is 14.4. The van der Waals surface area contributed by atoms with E-state index in [9.17, 15) is 0 Å². The van der Waals surface area contributed by atoms with Crippen molar-refractivity contribution in [2.24, 2.45) is 0 Å². The molecular weight excluding hydrogens is 703 g/mol. The molecule has 0 saturated heterocycles. The summed E-state index contributed by atoms with van der Waals surface area (Å²) < 4.78 is 0. The summed E-state index contributed by atoms with van der Waals surface area (Å²) in [5, 5.41) is 2.47. The lowest BCUT2D eigenvalue weighted by Crippen LogP contribution is -2.02. The predicted octanol–water partition coefficient (Wildman–Crippen LogP) is 14.4. The van der Waals surface area contributed by atoms with Gasteiger partial charge in [0.25, 0.3) is 0 Å². The molecule has 272 valence electrons. The fraction of sp³-hybridized carbons (Fsp3) is 0. The normalized spacial score (nSPS) is 11.1. The van der Waals surface area contributed by atoms with E-state index in [-0.39, 0.29) is 0 Å². The molecule has 0 fully saturated rings. The van der Waals surface area contributed by atoms with Crippen molar-refractivity contribution in [3.63, 3.8) is 0 Å². The molecule has 0 amide bonds. The van der Waals surface area contributed by atoms with Gasteiger partial charge >= 0.3 is 0 Å². The fourth-order valence-electron chi connectivity index (χ4n) is 7.96. The molecule has 3 heteroatoms. The molecule has 1 aromatic heterocycles. The summed E-state index contributed by atoms with van der Waals surface area (Å²) in [6.07, 6.45) is 0. The monoisotopic (exact) mass is 739 g/mol. The highest BCUT2D eigenvalue weighted by molar-refractivity contribution is 5.99. The van der Waals surface area contributed by atoms with E-state index < -0.39 is 0 Å². The minimum atomic E-state index is 0.612. The molecule has 0 atom stereocenters. The van der Waals surface area contributed by atoms with Crippen LogP contribution in [0.2, 0.25) is 0 Å². The van der Waals surface area contributed by atoms with Crippen LogP contribution in [0.3, 0.4) is 0 Å². The third kappa shape index (κ3) is 6.76. The first-order chi connectivity index (χ1) is 28.8. The van der Waals surface area contributed by atoms with Crippen LogP contribution in [0.1, 0.15) is 0 Å². The maximum absolute atomic E-state index is 5.26. The molecule has 1 heterocycles. The predicted molar refractivity (Wildman–Crippen MR) is 241 cm³/mol. The molecule has 0 saturated carbocycles. The van der Waals surface area contributed by atoms with Gasteiger partial charge in [0, 0.05) is 16.7 Å². The first-order valence-corrected chi connectivity index (χ1v) is 19.6. The van der Waals surface area contributed by atoms with Crippen molar-refractivity contribution < 1.29 is 0 Å². The first kappa shape index (κ1) is 34.7. The lowest BCUT2D eigenvalue weighted by Gasteiger charge is -2.16. The SMILES string of the molecule is c1ccc(-c2cc(-c3cccc4ccccc34)ccc2-c2cccc(-c3nc(-c4ccccc4-c4ccccc4)nc(-c4ccccc4-c4ccccc4)n3)c2)cc1. The lowest BCUT2D eigenvalue weighted by molar-refractivity contribution is 1.07. The van der Waals surface area contributed by atoms with E-state index in [1.807, 2.05) is 12.1 Å². The molecule has 0 unspecified atom stereocenters. The van der Waals surface area contributed by atoms with Crippen LogP contribution in [0.5, 0.6) is 0 Å². The van der Waals surface area contributed by atoms with Gasteiger partial charge in [0.2, 0.25) is 0 Å². The van der Waals surface area contributed by atoms with Gasteiger partial charge in [-0.3, -0.25) is 0 Å². The third-order valence-corrected chi connectivity index (χ3v) is 10.8. The number of hydrogen-bond donors (Lipinski definition) is 0. The highest BCUT2D eigenvalue weighted by atomic mass is 15.0. The van der Waals surface area contributed by atoms with Gasteiger partial charge < -0.3 is 0 Å². The molecule has 3 nitrogen and oxygen atoms in total. The van der Waals surface area contributed by atoms with Crippen molar-refractivity contribution in [2.45, 2.75) is 0 Å². The van der Waals surface area contributed by atoms with E-state index >= 15 is 0 Å². The molecule has 0 spiro atoms. The highest BCUT2D eigenvalue weighted by Gasteiger charge is 2.19. The van der Waals surface area contributed by atoms with Gasteiger partial charge in [-0.2, -0.15) is 0 Å². The number of fused-ring (bicyclic) bond motifs is 1.